The Bertz CT molecular complexity index is 1180. The highest BCUT2D eigenvalue weighted by molar-refractivity contribution is 7.89. The molecule has 1 aromatic carbocycles. The van der Waals surface area contributed by atoms with E-state index in [0.717, 1.165) is 11.1 Å². The molecule has 0 aliphatic carbocycles. The number of sulfonamides is 1. The van der Waals surface area contributed by atoms with Gasteiger partial charge in [0.1, 0.15) is 11.6 Å². The van der Waals surface area contributed by atoms with Gasteiger partial charge in [0.15, 0.2) is 0 Å². The largest absolute Gasteiger partial charge is 0.467 e. The fourth-order valence-electron chi connectivity index (χ4n) is 3.98. The number of hydrogen-bond acceptors (Lipinski definition) is 5. The van der Waals surface area contributed by atoms with Crippen LogP contribution >= 0.6 is 0 Å². The smallest absolute Gasteiger partial charge is 0.243 e. The van der Waals surface area contributed by atoms with Crippen molar-refractivity contribution in [2.45, 2.75) is 51.2 Å². The van der Waals surface area contributed by atoms with Gasteiger partial charge in [0.2, 0.25) is 15.9 Å². The van der Waals surface area contributed by atoms with E-state index in [1.165, 1.54) is 4.31 Å². The van der Waals surface area contributed by atoms with E-state index in [1.54, 1.807) is 30.5 Å². The molecule has 2 aromatic heterocycles. The molecule has 1 aliphatic rings. The molecule has 3 heterocycles. The highest BCUT2D eigenvalue weighted by Gasteiger charge is 2.35. The minimum absolute atomic E-state index is 0.122. The number of rotatable bonds is 6. The molecule has 0 fully saturated rings. The van der Waals surface area contributed by atoms with Crippen molar-refractivity contribution in [1.29, 1.82) is 0 Å². The Morgan fingerprint density at radius 1 is 1.23 bits per heavy atom. The van der Waals surface area contributed by atoms with Crippen LogP contribution in [0.2, 0.25) is 0 Å². The number of nitrogens with one attached hydrogen (secondary N) is 1. The van der Waals surface area contributed by atoms with Crippen LogP contribution in [0.1, 0.15) is 41.4 Å². The van der Waals surface area contributed by atoms with Gasteiger partial charge in [0, 0.05) is 19.3 Å². The maximum absolute atomic E-state index is 13.3. The van der Waals surface area contributed by atoms with Crippen molar-refractivity contribution in [3.63, 3.8) is 0 Å². The molecule has 0 unspecified atom stereocenters. The van der Waals surface area contributed by atoms with Gasteiger partial charge in [-0.05, 0) is 56.2 Å². The van der Waals surface area contributed by atoms with Gasteiger partial charge < -0.3 is 14.3 Å². The number of imidazole rings is 1. The second-order valence-electron chi connectivity index (χ2n) is 7.93. The lowest BCUT2D eigenvalue weighted by molar-refractivity contribution is -0.120. The first-order valence-corrected chi connectivity index (χ1v) is 11.6. The maximum Gasteiger partial charge on any atom is 0.243 e. The SMILES string of the molecule is Cc1cc(C)cc(S(=O)(=O)N2CCn3cc(CC(=O)NCc4ccco4)nc3[C@@H]2C)c1. The number of aromatic nitrogens is 2. The van der Waals surface area contributed by atoms with Crippen LogP contribution in [0.5, 0.6) is 0 Å². The van der Waals surface area contributed by atoms with Gasteiger partial charge >= 0.3 is 0 Å². The average molecular weight is 443 g/mol. The van der Waals surface area contributed by atoms with Crippen LogP contribution in [0.4, 0.5) is 0 Å². The first kappa shape index (κ1) is 21.3. The summed E-state index contributed by atoms with van der Waals surface area (Å²) in [7, 11) is -3.66. The van der Waals surface area contributed by atoms with E-state index < -0.39 is 16.1 Å². The molecule has 4 rings (SSSR count). The Labute approximate surface area is 181 Å². The monoisotopic (exact) mass is 442 g/mol. The minimum atomic E-state index is -3.66. The molecule has 3 aromatic rings. The third-order valence-electron chi connectivity index (χ3n) is 5.41. The summed E-state index contributed by atoms with van der Waals surface area (Å²) in [6, 6.07) is 8.48. The molecule has 9 heteroatoms. The van der Waals surface area contributed by atoms with Crippen molar-refractivity contribution in [1.82, 2.24) is 19.2 Å². The number of fused-ring (bicyclic) bond motifs is 1. The highest BCUT2D eigenvalue weighted by Crippen LogP contribution is 2.31. The molecule has 164 valence electrons. The Balaban J connectivity index is 1.49. The van der Waals surface area contributed by atoms with Crippen LogP contribution in [0.3, 0.4) is 0 Å². The second-order valence-corrected chi connectivity index (χ2v) is 9.82. The summed E-state index contributed by atoms with van der Waals surface area (Å²) in [6.07, 6.45) is 3.51. The summed E-state index contributed by atoms with van der Waals surface area (Å²) in [6.45, 7) is 6.77. The molecule has 0 spiro atoms. The summed E-state index contributed by atoms with van der Waals surface area (Å²) in [5.41, 5.74) is 2.43. The van der Waals surface area contributed by atoms with Crippen LogP contribution in [0, 0.1) is 13.8 Å². The molecule has 1 aliphatic heterocycles. The third-order valence-corrected chi connectivity index (χ3v) is 7.36. The molecule has 0 saturated carbocycles. The fraction of sp³-hybridized carbons (Fsp3) is 0.364. The maximum atomic E-state index is 13.3. The van der Waals surface area contributed by atoms with Crippen molar-refractivity contribution in [3.8, 4) is 0 Å². The van der Waals surface area contributed by atoms with Crippen LogP contribution in [-0.2, 0) is 34.3 Å². The van der Waals surface area contributed by atoms with Crippen molar-refractivity contribution >= 4 is 15.9 Å². The number of nitrogens with zero attached hydrogens (tertiary/aromatic N) is 3. The fourth-order valence-corrected chi connectivity index (χ4v) is 5.76. The molecule has 0 saturated heterocycles. The Kier molecular flexibility index (Phi) is 5.72. The number of furan rings is 1. The summed E-state index contributed by atoms with van der Waals surface area (Å²) >= 11 is 0. The molecule has 0 radical (unpaired) electrons. The topological polar surface area (TPSA) is 97.4 Å². The predicted octanol–water partition coefficient (Wildman–Crippen LogP) is 2.72. The van der Waals surface area contributed by atoms with Gasteiger partial charge in [0.05, 0.1) is 35.9 Å². The van der Waals surface area contributed by atoms with Crippen molar-refractivity contribution in [2.24, 2.45) is 0 Å². The molecule has 1 atom stereocenters. The zero-order chi connectivity index (χ0) is 22.2. The highest BCUT2D eigenvalue weighted by atomic mass is 32.2. The minimum Gasteiger partial charge on any atom is -0.467 e. The van der Waals surface area contributed by atoms with E-state index in [1.807, 2.05) is 37.6 Å². The molecule has 31 heavy (non-hydrogen) atoms. The number of hydrogen-bond donors (Lipinski definition) is 1. The number of carbonyl (C=O) groups excluding carboxylic acids is 1. The normalized spacial score (nSPS) is 16.8. The van der Waals surface area contributed by atoms with E-state index in [0.29, 0.717) is 41.8 Å². The summed E-state index contributed by atoms with van der Waals surface area (Å²) < 4.78 is 35.3. The quantitative estimate of drug-likeness (QED) is 0.633. The number of amides is 1. The lowest BCUT2D eigenvalue weighted by Gasteiger charge is -2.32. The van der Waals surface area contributed by atoms with Gasteiger partial charge in [-0.1, -0.05) is 6.07 Å². The van der Waals surface area contributed by atoms with Crippen molar-refractivity contribution in [2.75, 3.05) is 6.54 Å². The molecule has 1 N–H and O–H groups in total. The number of aryl methyl sites for hydroxylation is 2. The van der Waals surface area contributed by atoms with Crippen molar-refractivity contribution in [3.05, 3.63) is 71.2 Å². The Morgan fingerprint density at radius 2 is 1.97 bits per heavy atom. The summed E-state index contributed by atoms with van der Waals surface area (Å²) in [5, 5.41) is 2.80. The molecule has 0 bridgehead atoms. The third kappa shape index (κ3) is 4.42. The molecule has 8 nitrogen and oxygen atoms in total. The van der Waals surface area contributed by atoms with E-state index in [4.69, 9.17) is 4.42 Å². The van der Waals surface area contributed by atoms with Gasteiger partial charge in [-0.2, -0.15) is 4.31 Å². The van der Waals surface area contributed by atoms with Gasteiger partial charge in [-0.15, -0.1) is 0 Å². The Hall–Kier alpha value is -2.91. The van der Waals surface area contributed by atoms with Crippen molar-refractivity contribution < 1.29 is 17.6 Å². The first-order chi connectivity index (χ1) is 14.7. The van der Waals surface area contributed by atoms with Gasteiger partial charge in [-0.25, -0.2) is 13.4 Å². The van der Waals surface area contributed by atoms with Gasteiger partial charge in [0.25, 0.3) is 0 Å². The molecule has 1 amide bonds. The predicted molar refractivity (Wildman–Crippen MR) is 115 cm³/mol. The van der Waals surface area contributed by atoms with E-state index >= 15 is 0 Å². The van der Waals surface area contributed by atoms with Crippen LogP contribution in [0.15, 0.2) is 52.1 Å². The first-order valence-electron chi connectivity index (χ1n) is 10.2. The van der Waals surface area contributed by atoms with Crippen LogP contribution in [0.25, 0.3) is 0 Å². The van der Waals surface area contributed by atoms with Crippen LogP contribution < -0.4 is 5.32 Å². The zero-order valence-electron chi connectivity index (χ0n) is 17.8. The number of carbonyl (C=O) groups is 1. The van der Waals surface area contributed by atoms with Gasteiger partial charge in [-0.3, -0.25) is 4.79 Å². The second kappa shape index (κ2) is 8.32. The lowest BCUT2D eigenvalue weighted by atomic mass is 10.2. The summed E-state index contributed by atoms with van der Waals surface area (Å²) in [5.74, 6) is 1.16. The standard InChI is InChI=1S/C22H26N4O4S/c1-15-9-16(2)11-20(10-15)31(28,29)26-7-6-25-14-18(24-22(25)17(26)3)12-21(27)23-13-19-5-4-8-30-19/h4-5,8-11,14,17H,6-7,12-13H2,1-3H3,(H,23,27)/t17-/m0/s1. The number of benzene rings is 1. The average Bonchev–Trinajstić information content (AvgIpc) is 3.35. The Morgan fingerprint density at radius 3 is 2.65 bits per heavy atom. The molecular formula is C22H26N4O4S. The lowest BCUT2D eigenvalue weighted by Crippen LogP contribution is -2.41. The van der Waals surface area contributed by atoms with E-state index in [2.05, 4.69) is 10.3 Å². The summed E-state index contributed by atoms with van der Waals surface area (Å²) in [4.78, 5) is 17.1. The van der Waals surface area contributed by atoms with Crippen LogP contribution in [-0.4, -0.2) is 34.7 Å². The zero-order valence-corrected chi connectivity index (χ0v) is 18.6. The van der Waals surface area contributed by atoms with E-state index in [9.17, 15) is 13.2 Å². The molecular weight excluding hydrogens is 416 g/mol. The van der Waals surface area contributed by atoms with E-state index in [-0.39, 0.29) is 12.3 Å².